The van der Waals surface area contributed by atoms with Crippen LogP contribution in [-0.2, 0) is 4.79 Å². The van der Waals surface area contributed by atoms with Crippen LogP contribution in [0.1, 0.15) is 19.4 Å². The van der Waals surface area contributed by atoms with E-state index in [4.69, 9.17) is 4.74 Å². The fraction of sp³-hybridized carbons (Fsp3) is 0.120. The van der Waals surface area contributed by atoms with E-state index in [0.29, 0.717) is 5.75 Å². The molecule has 1 N–H and O–H groups in total. The number of nitrogens with one attached hydrogen (secondary N) is 1. The Balaban J connectivity index is 1.42. The van der Waals surface area contributed by atoms with Gasteiger partial charge in [0.2, 0.25) is 0 Å². The summed E-state index contributed by atoms with van der Waals surface area (Å²) in [4.78, 5) is 12.4. The zero-order valence-corrected chi connectivity index (χ0v) is 16.4. The first-order valence-electron chi connectivity index (χ1n) is 9.59. The van der Waals surface area contributed by atoms with Gasteiger partial charge in [-0.05, 0) is 59.2 Å². The first kappa shape index (κ1) is 18.7. The summed E-state index contributed by atoms with van der Waals surface area (Å²) >= 11 is 0. The molecule has 0 saturated carbocycles. The van der Waals surface area contributed by atoms with E-state index in [-0.39, 0.29) is 5.91 Å². The number of ether oxygens (including phenoxy) is 1. The summed E-state index contributed by atoms with van der Waals surface area (Å²) in [7, 11) is 0. The van der Waals surface area contributed by atoms with E-state index in [0.717, 1.165) is 27.4 Å². The second-order valence-corrected chi connectivity index (χ2v) is 7.00. The Hall–Kier alpha value is -3.66. The van der Waals surface area contributed by atoms with Gasteiger partial charge in [-0.25, -0.2) is 5.43 Å². The number of amides is 1. The van der Waals surface area contributed by atoms with Crippen LogP contribution in [0, 0.1) is 0 Å². The van der Waals surface area contributed by atoms with Crippen molar-refractivity contribution in [2.45, 2.75) is 20.0 Å². The summed E-state index contributed by atoms with van der Waals surface area (Å²) in [6, 6.07) is 28.1. The van der Waals surface area contributed by atoms with Crippen molar-refractivity contribution >= 4 is 33.2 Å². The van der Waals surface area contributed by atoms with Crippen LogP contribution in [0.5, 0.6) is 5.75 Å². The molecular weight excluding hydrogens is 360 g/mol. The first-order valence-corrected chi connectivity index (χ1v) is 9.59. The largest absolute Gasteiger partial charge is 0.481 e. The van der Waals surface area contributed by atoms with E-state index in [1.54, 1.807) is 6.92 Å². The zero-order chi connectivity index (χ0) is 20.2. The van der Waals surface area contributed by atoms with Gasteiger partial charge in [-0.2, -0.15) is 5.10 Å². The molecule has 1 unspecified atom stereocenters. The lowest BCUT2D eigenvalue weighted by molar-refractivity contribution is -0.127. The number of fused-ring (bicyclic) bond motifs is 2. The van der Waals surface area contributed by atoms with Crippen molar-refractivity contribution in [2.24, 2.45) is 5.10 Å². The summed E-state index contributed by atoms with van der Waals surface area (Å²) in [6.45, 7) is 3.59. The lowest BCUT2D eigenvalue weighted by Crippen LogP contribution is -2.33. The van der Waals surface area contributed by atoms with E-state index < -0.39 is 6.10 Å². The van der Waals surface area contributed by atoms with Crippen LogP contribution >= 0.6 is 0 Å². The number of hydrogen-bond donors (Lipinski definition) is 1. The molecule has 0 heterocycles. The number of hydrazone groups is 1. The van der Waals surface area contributed by atoms with Crippen LogP contribution in [0.2, 0.25) is 0 Å². The second-order valence-electron chi connectivity index (χ2n) is 7.00. The number of carbonyl (C=O) groups is 1. The number of carbonyl (C=O) groups excluding carboxylic acids is 1. The average Bonchev–Trinajstić information content (AvgIpc) is 2.76. The lowest BCUT2D eigenvalue weighted by Gasteiger charge is -2.14. The monoisotopic (exact) mass is 382 g/mol. The van der Waals surface area contributed by atoms with Crippen molar-refractivity contribution in [2.75, 3.05) is 0 Å². The maximum atomic E-state index is 12.4. The summed E-state index contributed by atoms with van der Waals surface area (Å²) < 4.78 is 5.80. The van der Waals surface area contributed by atoms with Gasteiger partial charge in [-0.15, -0.1) is 0 Å². The molecule has 1 atom stereocenters. The Labute approximate surface area is 169 Å². The van der Waals surface area contributed by atoms with Crippen LogP contribution < -0.4 is 10.2 Å². The molecule has 29 heavy (non-hydrogen) atoms. The summed E-state index contributed by atoms with van der Waals surface area (Å²) in [6.07, 6.45) is -0.663. The highest BCUT2D eigenvalue weighted by molar-refractivity contribution is 6.02. The summed E-state index contributed by atoms with van der Waals surface area (Å²) in [5.41, 5.74) is 4.31. The Bertz CT molecular complexity index is 1210. The standard InChI is InChI=1S/C25H22N2O2/c1-17(21-12-11-19-7-3-5-9-22(19)15-21)26-27-25(28)18(2)29-24-14-13-20-8-4-6-10-23(20)16-24/h3-16,18H,1-2H3,(H,27,28). The lowest BCUT2D eigenvalue weighted by atomic mass is 10.0. The molecule has 4 rings (SSSR count). The average molecular weight is 382 g/mol. The Morgan fingerprint density at radius 3 is 2.10 bits per heavy atom. The molecule has 4 heteroatoms. The molecule has 0 aromatic heterocycles. The molecule has 1 amide bonds. The van der Waals surface area contributed by atoms with E-state index in [9.17, 15) is 4.79 Å². The number of hydrogen-bond acceptors (Lipinski definition) is 3. The summed E-state index contributed by atoms with van der Waals surface area (Å²) in [5, 5.41) is 8.76. The molecule has 0 saturated heterocycles. The van der Waals surface area contributed by atoms with Crippen LogP contribution in [0.4, 0.5) is 0 Å². The quantitative estimate of drug-likeness (QED) is 0.376. The smallest absolute Gasteiger partial charge is 0.280 e. The highest BCUT2D eigenvalue weighted by atomic mass is 16.5. The number of rotatable bonds is 5. The molecule has 0 aliphatic rings. The third-order valence-corrected chi connectivity index (χ3v) is 4.90. The predicted molar refractivity (Wildman–Crippen MR) is 118 cm³/mol. The Kier molecular flexibility index (Phi) is 5.25. The van der Waals surface area contributed by atoms with Gasteiger partial charge in [0.05, 0.1) is 5.71 Å². The van der Waals surface area contributed by atoms with Gasteiger partial charge in [-0.1, -0.05) is 66.7 Å². The maximum Gasteiger partial charge on any atom is 0.280 e. The van der Waals surface area contributed by atoms with E-state index >= 15 is 0 Å². The van der Waals surface area contributed by atoms with Crippen molar-refractivity contribution in [1.82, 2.24) is 5.43 Å². The normalized spacial score (nSPS) is 12.7. The number of nitrogens with zero attached hydrogens (tertiary/aromatic N) is 1. The van der Waals surface area contributed by atoms with Crippen LogP contribution in [0.15, 0.2) is 90.0 Å². The van der Waals surface area contributed by atoms with Crippen molar-refractivity contribution < 1.29 is 9.53 Å². The SMILES string of the molecule is CC(=NNC(=O)C(C)Oc1ccc2ccccc2c1)c1ccc2ccccc2c1. The molecule has 144 valence electrons. The molecule has 4 aromatic rings. The molecule has 0 fully saturated rings. The molecule has 0 bridgehead atoms. The van der Waals surface area contributed by atoms with Gasteiger partial charge in [-0.3, -0.25) is 4.79 Å². The highest BCUT2D eigenvalue weighted by Crippen LogP contribution is 2.21. The topological polar surface area (TPSA) is 50.7 Å². The van der Waals surface area contributed by atoms with E-state index in [2.05, 4.69) is 34.8 Å². The van der Waals surface area contributed by atoms with Gasteiger partial charge in [0.25, 0.3) is 5.91 Å². The van der Waals surface area contributed by atoms with E-state index in [1.807, 2.05) is 67.6 Å². The maximum absolute atomic E-state index is 12.4. The first-order chi connectivity index (χ1) is 14.1. The molecule has 0 spiro atoms. The minimum atomic E-state index is -0.663. The zero-order valence-electron chi connectivity index (χ0n) is 16.4. The van der Waals surface area contributed by atoms with Gasteiger partial charge >= 0.3 is 0 Å². The number of benzene rings is 4. The Morgan fingerprint density at radius 2 is 1.41 bits per heavy atom. The van der Waals surface area contributed by atoms with Crippen molar-refractivity contribution in [3.63, 3.8) is 0 Å². The van der Waals surface area contributed by atoms with Gasteiger partial charge in [0.15, 0.2) is 6.10 Å². The fourth-order valence-electron chi connectivity index (χ4n) is 3.21. The third-order valence-electron chi connectivity index (χ3n) is 4.90. The van der Waals surface area contributed by atoms with Gasteiger partial charge in [0, 0.05) is 0 Å². The minimum Gasteiger partial charge on any atom is -0.481 e. The van der Waals surface area contributed by atoms with E-state index in [1.165, 1.54) is 5.39 Å². The highest BCUT2D eigenvalue weighted by Gasteiger charge is 2.14. The predicted octanol–water partition coefficient (Wildman–Crippen LogP) is 5.30. The molecule has 0 aliphatic heterocycles. The third kappa shape index (κ3) is 4.27. The fourth-order valence-corrected chi connectivity index (χ4v) is 3.21. The second kappa shape index (κ2) is 8.15. The molecular formula is C25H22N2O2. The molecule has 4 nitrogen and oxygen atoms in total. The van der Waals surface area contributed by atoms with Crippen molar-refractivity contribution in [3.05, 3.63) is 90.5 Å². The van der Waals surface area contributed by atoms with Gasteiger partial charge in [0.1, 0.15) is 5.75 Å². The van der Waals surface area contributed by atoms with Crippen molar-refractivity contribution in [3.8, 4) is 5.75 Å². The van der Waals surface area contributed by atoms with Crippen LogP contribution in [0.3, 0.4) is 0 Å². The molecule has 0 radical (unpaired) electrons. The Morgan fingerprint density at radius 1 is 0.828 bits per heavy atom. The van der Waals surface area contributed by atoms with Crippen LogP contribution in [0.25, 0.3) is 21.5 Å². The molecule has 0 aliphatic carbocycles. The minimum absolute atomic E-state index is 0.293. The van der Waals surface area contributed by atoms with Crippen LogP contribution in [-0.4, -0.2) is 17.7 Å². The van der Waals surface area contributed by atoms with Gasteiger partial charge < -0.3 is 4.74 Å². The summed E-state index contributed by atoms with van der Waals surface area (Å²) in [5.74, 6) is 0.361. The molecule has 4 aromatic carbocycles. The van der Waals surface area contributed by atoms with Crippen molar-refractivity contribution in [1.29, 1.82) is 0 Å².